The lowest BCUT2D eigenvalue weighted by Gasteiger charge is -2.26. The maximum atomic E-state index is 11.4. The van der Waals surface area contributed by atoms with Gasteiger partial charge in [-0.25, -0.2) is 4.79 Å². The summed E-state index contributed by atoms with van der Waals surface area (Å²) in [5.74, 6) is 2.01. The highest BCUT2D eigenvalue weighted by Gasteiger charge is 2.22. The molecule has 0 spiro atoms. The van der Waals surface area contributed by atoms with Crippen molar-refractivity contribution in [2.24, 2.45) is 0 Å². The topological polar surface area (TPSA) is 62.1 Å². The van der Waals surface area contributed by atoms with Crippen molar-refractivity contribution in [3.8, 4) is 18.4 Å². The van der Waals surface area contributed by atoms with Gasteiger partial charge in [0, 0.05) is 6.20 Å². The van der Waals surface area contributed by atoms with E-state index in [0.29, 0.717) is 12.8 Å². The molecule has 92 valence electrons. The first kappa shape index (κ1) is 15.1. The van der Waals surface area contributed by atoms with Crippen LogP contribution in [-0.4, -0.2) is 18.1 Å². The Hall–Kier alpha value is -1.94. The fraction of sp³-hybridized carbons (Fsp3) is 0.538. The van der Waals surface area contributed by atoms with Crippen molar-refractivity contribution in [1.29, 1.82) is 5.26 Å². The van der Waals surface area contributed by atoms with E-state index in [1.165, 1.54) is 6.20 Å². The van der Waals surface area contributed by atoms with Gasteiger partial charge in [-0.15, -0.1) is 6.42 Å². The zero-order valence-corrected chi connectivity index (χ0v) is 10.5. The normalized spacial score (nSPS) is 11.2. The van der Waals surface area contributed by atoms with Crippen LogP contribution in [0.3, 0.4) is 0 Å². The van der Waals surface area contributed by atoms with E-state index in [2.05, 4.69) is 11.2 Å². The van der Waals surface area contributed by atoms with Crippen LogP contribution >= 0.6 is 0 Å². The fourth-order valence-corrected chi connectivity index (χ4v) is 1.26. The molecule has 0 fully saturated rings. The number of nitrogens with one attached hydrogen (secondary N) is 1. The number of ether oxygens (including phenoxy) is 1. The summed E-state index contributed by atoms with van der Waals surface area (Å²) in [5.41, 5.74) is -0.595. The molecule has 0 heterocycles. The number of carbonyl (C=O) groups is 1. The van der Waals surface area contributed by atoms with Gasteiger partial charge >= 0.3 is 5.97 Å². The van der Waals surface area contributed by atoms with Crippen molar-refractivity contribution in [2.75, 3.05) is 6.61 Å². The van der Waals surface area contributed by atoms with Crippen molar-refractivity contribution >= 4 is 5.97 Å². The quantitative estimate of drug-likeness (QED) is 0.329. The number of nitriles is 1. The number of terminal acetylenes is 1. The lowest BCUT2D eigenvalue weighted by atomic mass is 9.94. The Morgan fingerprint density at radius 3 is 2.41 bits per heavy atom. The summed E-state index contributed by atoms with van der Waals surface area (Å²) >= 11 is 0. The molecule has 1 N–H and O–H groups in total. The van der Waals surface area contributed by atoms with Gasteiger partial charge < -0.3 is 10.1 Å². The lowest BCUT2D eigenvalue weighted by molar-refractivity contribution is -0.138. The first-order chi connectivity index (χ1) is 8.09. The summed E-state index contributed by atoms with van der Waals surface area (Å²) in [6.07, 6.45) is 8.20. The summed E-state index contributed by atoms with van der Waals surface area (Å²) in [4.78, 5) is 11.4. The molecule has 0 saturated carbocycles. The Labute approximate surface area is 103 Å². The van der Waals surface area contributed by atoms with E-state index in [4.69, 9.17) is 16.4 Å². The zero-order chi connectivity index (χ0) is 13.3. The van der Waals surface area contributed by atoms with Crippen LogP contribution < -0.4 is 5.32 Å². The van der Waals surface area contributed by atoms with Crippen LogP contribution in [0.1, 0.15) is 33.6 Å². The molecular formula is C13H18N2O2. The minimum atomic E-state index is -0.638. The summed E-state index contributed by atoms with van der Waals surface area (Å²) in [6, 6.07) is 1.79. The lowest BCUT2D eigenvalue weighted by Crippen LogP contribution is -2.39. The van der Waals surface area contributed by atoms with Gasteiger partial charge in [-0.2, -0.15) is 5.26 Å². The van der Waals surface area contributed by atoms with Gasteiger partial charge in [-0.05, 0) is 19.8 Å². The van der Waals surface area contributed by atoms with E-state index < -0.39 is 11.5 Å². The maximum Gasteiger partial charge on any atom is 0.350 e. The average Bonchev–Trinajstić information content (AvgIpc) is 2.36. The Kier molecular flexibility index (Phi) is 6.51. The van der Waals surface area contributed by atoms with Gasteiger partial charge in [0.05, 0.1) is 12.1 Å². The van der Waals surface area contributed by atoms with Crippen molar-refractivity contribution in [3.63, 3.8) is 0 Å². The number of carbonyl (C=O) groups excluding carboxylic acids is 1. The molecule has 0 saturated heterocycles. The van der Waals surface area contributed by atoms with Crippen LogP contribution in [-0.2, 0) is 9.53 Å². The van der Waals surface area contributed by atoms with Crippen molar-refractivity contribution in [2.45, 2.75) is 39.2 Å². The number of hydrogen-bond acceptors (Lipinski definition) is 4. The molecule has 0 unspecified atom stereocenters. The molecule has 17 heavy (non-hydrogen) atoms. The van der Waals surface area contributed by atoms with Crippen molar-refractivity contribution in [1.82, 2.24) is 5.32 Å². The molecule has 0 aromatic heterocycles. The molecule has 0 aromatic carbocycles. The molecule has 0 aromatic rings. The summed E-state index contributed by atoms with van der Waals surface area (Å²) in [7, 11) is 0. The number of esters is 1. The first-order valence-corrected chi connectivity index (χ1v) is 5.61. The van der Waals surface area contributed by atoms with Gasteiger partial charge in [-0.1, -0.05) is 19.8 Å². The van der Waals surface area contributed by atoms with E-state index in [9.17, 15) is 4.79 Å². The van der Waals surface area contributed by atoms with Crippen LogP contribution in [0.15, 0.2) is 11.8 Å². The highest BCUT2D eigenvalue weighted by Crippen LogP contribution is 2.14. The highest BCUT2D eigenvalue weighted by atomic mass is 16.5. The second-order valence-corrected chi connectivity index (χ2v) is 3.47. The van der Waals surface area contributed by atoms with Crippen molar-refractivity contribution < 1.29 is 9.53 Å². The third-order valence-electron chi connectivity index (χ3n) is 2.59. The predicted octanol–water partition coefficient (Wildman–Crippen LogP) is 1.74. The molecule has 4 heteroatoms. The Morgan fingerprint density at radius 1 is 1.47 bits per heavy atom. The van der Waals surface area contributed by atoms with E-state index in [0.717, 1.165) is 0 Å². The molecule has 0 aliphatic carbocycles. The van der Waals surface area contributed by atoms with Crippen molar-refractivity contribution in [3.05, 3.63) is 11.8 Å². The second-order valence-electron chi connectivity index (χ2n) is 3.47. The minimum Gasteiger partial charge on any atom is -0.462 e. The van der Waals surface area contributed by atoms with E-state index in [-0.39, 0.29) is 12.2 Å². The Morgan fingerprint density at radius 2 is 2.06 bits per heavy atom. The third kappa shape index (κ3) is 4.20. The summed E-state index contributed by atoms with van der Waals surface area (Å²) < 4.78 is 4.74. The standard InChI is InChI=1S/C13H18N2O2/c1-5-13(6-2,7-3)15-10-11(9-14)12(16)17-8-4/h1,10,15H,6-8H2,2-4H3/b11-10-. The first-order valence-electron chi connectivity index (χ1n) is 5.61. The van der Waals surface area contributed by atoms with Crippen LogP contribution in [0.5, 0.6) is 0 Å². The highest BCUT2D eigenvalue weighted by molar-refractivity contribution is 5.92. The van der Waals surface area contributed by atoms with E-state index in [1.54, 1.807) is 13.0 Å². The molecule has 4 nitrogen and oxygen atoms in total. The van der Waals surface area contributed by atoms with E-state index >= 15 is 0 Å². The second kappa shape index (κ2) is 7.35. The largest absolute Gasteiger partial charge is 0.462 e. The molecule has 0 aliphatic heterocycles. The van der Waals surface area contributed by atoms with E-state index in [1.807, 2.05) is 13.8 Å². The Bertz CT molecular complexity index is 368. The summed E-state index contributed by atoms with van der Waals surface area (Å²) in [5, 5.41) is 11.8. The van der Waals surface area contributed by atoms with Gasteiger partial charge in [0.25, 0.3) is 0 Å². The SMILES string of the molecule is C#CC(CC)(CC)N/C=C(/C#N)C(=O)OCC. The minimum absolute atomic E-state index is 0.0756. The van der Waals surface area contributed by atoms with Crippen LogP contribution in [0.2, 0.25) is 0 Å². The molecule has 0 aliphatic rings. The summed E-state index contributed by atoms with van der Waals surface area (Å²) in [6.45, 7) is 5.81. The molecule has 0 rings (SSSR count). The Balaban J connectivity index is 4.85. The maximum absolute atomic E-state index is 11.4. The third-order valence-corrected chi connectivity index (χ3v) is 2.59. The van der Waals surface area contributed by atoms with Gasteiger partial charge in [0.15, 0.2) is 5.57 Å². The van der Waals surface area contributed by atoms with Crippen LogP contribution in [0.25, 0.3) is 0 Å². The number of rotatable bonds is 6. The molecule has 0 amide bonds. The number of nitrogens with zero attached hydrogens (tertiary/aromatic N) is 1. The molecule has 0 bridgehead atoms. The monoisotopic (exact) mass is 234 g/mol. The molecule has 0 radical (unpaired) electrons. The van der Waals surface area contributed by atoms with Gasteiger partial charge in [0.1, 0.15) is 6.07 Å². The zero-order valence-electron chi connectivity index (χ0n) is 10.5. The smallest absolute Gasteiger partial charge is 0.350 e. The fourth-order valence-electron chi connectivity index (χ4n) is 1.26. The van der Waals surface area contributed by atoms with Crippen LogP contribution in [0, 0.1) is 23.7 Å². The number of hydrogen-bond donors (Lipinski definition) is 1. The molecule has 0 atom stereocenters. The predicted molar refractivity (Wildman–Crippen MR) is 65.6 cm³/mol. The van der Waals surface area contributed by atoms with Gasteiger partial charge in [0.2, 0.25) is 0 Å². The van der Waals surface area contributed by atoms with Gasteiger partial charge in [-0.3, -0.25) is 0 Å². The average molecular weight is 234 g/mol. The molecular weight excluding hydrogens is 216 g/mol. The van der Waals surface area contributed by atoms with Crippen LogP contribution in [0.4, 0.5) is 0 Å².